The van der Waals surface area contributed by atoms with E-state index in [0.717, 1.165) is 12.3 Å². The largest absolute Gasteiger partial charge is 0.479 e. The van der Waals surface area contributed by atoms with Gasteiger partial charge in [0.05, 0.1) is 0 Å². The van der Waals surface area contributed by atoms with Crippen molar-refractivity contribution in [1.82, 2.24) is 5.32 Å². The van der Waals surface area contributed by atoms with Gasteiger partial charge in [-0.2, -0.15) is 0 Å². The van der Waals surface area contributed by atoms with Gasteiger partial charge in [-0.15, -0.1) is 11.8 Å². The summed E-state index contributed by atoms with van der Waals surface area (Å²) in [6, 6.07) is 0. The van der Waals surface area contributed by atoms with Crippen molar-refractivity contribution in [2.45, 2.75) is 25.6 Å². The van der Waals surface area contributed by atoms with E-state index in [1.54, 1.807) is 0 Å². The second-order valence-electron chi connectivity index (χ2n) is 4.01. The van der Waals surface area contributed by atoms with Gasteiger partial charge in [-0.25, -0.2) is 4.79 Å². The van der Waals surface area contributed by atoms with E-state index in [4.69, 9.17) is 5.11 Å². The van der Waals surface area contributed by atoms with Crippen molar-refractivity contribution in [1.29, 1.82) is 0 Å². The summed E-state index contributed by atoms with van der Waals surface area (Å²) in [6.45, 7) is 6.64. The quantitative estimate of drug-likeness (QED) is 0.649. The average molecular weight is 189 g/mol. The van der Waals surface area contributed by atoms with Gasteiger partial charge in [0.1, 0.15) is 0 Å². The molecule has 1 atom stereocenters. The van der Waals surface area contributed by atoms with Crippen molar-refractivity contribution in [3.63, 3.8) is 0 Å². The number of carbonyl (C=O) groups is 1. The molecule has 0 aromatic carbocycles. The van der Waals surface area contributed by atoms with Crippen molar-refractivity contribution < 1.29 is 9.90 Å². The molecule has 1 rings (SSSR count). The van der Waals surface area contributed by atoms with Gasteiger partial charge in [-0.05, 0) is 0 Å². The Morgan fingerprint density at radius 3 is 2.33 bits per heavy atom. The molecule has 0 aliphatic carbocycles. The van der Waals surface area contributed by atoms with Crippen molar-refractivity contribution in [2.75, 3.05) is 12.3 Å². The van der Waals surface area contributed by atoms with Crippen LogP contribution in [-0.4, -0.2) is 28.2 Å². The molecule has 0 aromatic rings. The standard InChI is InChI=1S/C8H15NO2S/c1-7(2,3)8(6(10)11)9-4-5-12-8/h9H,4-5H2,1-3H3,(H,10,11). The number of carboxylic acid groups (broad SMARTS) is 1. The highest BCUT2D eigenvalue weighted by atomic mass is 32.2. The van der Waals surface area contributed by atoms with Crippen LogP contribution in [0.25, 0.3) is 0 Å². The zero-order valence-electron chi connectivity index (χ0n) is 7.68. The third-order valence-electron chi connectivity index (χ3n) is 2.15. The molecule has 3 nitrogen and oxygen atoms in total. The van der Waals surface area contributed by atoms with Crippen LogP contribution in [-0.2, 0) is 4.79 Å². The lowest BCUT2D eigenvalue weighted by molar-refractivity contribution is -0.143. The number of nitrogens with one attached hydrogen (secondary N) is 1. The molecule has 0 radical (unpaired) electrons. The highest BCUT2D eigenvalue weighted by molar-refractivity contribution is 8.01. The highest BCUT2D eigenvalue weighted by Crippen LogP contribution is 2.42. The summed E-state index contributed by atoms with van der Waals surface area (Å²) >= 11 is 1.49. The predicted molar refractivity (Wildman–Crippen MR) is 50.3 cm³/mol. The third kappa shape index (κ3) is 1.33. The molecular formula is C8H15NO2S. The molecule has 1 fully saturated rings. The molecule has 4 heteroatoms. The van der Waals surface area contributed by atoms with E-state index in [-0.39, 0.29) is 5.41 Å². The van der Waals surface area contributed by atoms with Crippen LogP contribution in [0.4, 0.5) is 0 Å². The second kappa shape index (κ2) is 2.92. The van der Waals surface area contributed by atoms with Crippen molar-refractivity contribution in [3.8, 4) is 0 Å². The zero-order chi connectivity index (χ0) is 9.41. The first-order valence-electron chi connectivity index (χ1n) is 4.02. The molecule has 0 saturated carbocycles. The van der Waals surface area contributed by atoms with Crippen LogP contribution in [0.1, 0.15) is 20.8 Å². The van der Waals surface area contributed by atoms with Crippen molar-refractivity contribution >= 4 is 17.7 Å². The first-order chi connectivity index (χ1) is 5.40. The van der Waals surface area contributed by atoms with Crippen LogP contribution in [0, 0.1) is 5.41 Å². The predicted octanol–water partition coefficient (Wildman–Crippen LogP) is 1.15. The van der Waals surface area contributed by atoms with Crippen LogP contribution in [0.2, 0.25) is 0 Å². The van der Waals surface area contributed by atoms with Gasteiger partial charge in [-0.3, -0.25) is 5.32 Å². The summed E-state index contributed by atoms with van der Waals surface area (Å²) in [5.74, 6) is 0.126. The Morgan fingerprint density at radius 1 is 1.58 bits per heavy atom. The molecule has 1 aliphatic rings. The lowest BCUT2D eigenvalue weighted by atomic mass is 9.86. The molecule has 1 heterocycles. The van der Waals surface area contributed by atoms with Crippen LogP contribution in [0.15, 0.2) is 0 Å². The smallest absolute Gasteiger partial charge is 0.334 e. The molecule has 70 valence electrons. The van der Waals surface area contributed by atoms with E-state index in [0.29, 0.717) is 0 Å². The van der Waals surface area contributed by atoms with E-state index in [1.165, 1.54) is 11.8 Å². The Balaban J connectivity index is 2.94. The van der Waals surface area contributed by atoms with Crippen LogP contribution < -0.4 is 5.32 Å². The molecular weight excluding hydrogens is 174 g/mol. The molecule has 1 unspecified atom stereocenters. The van der Waals surface area contributed by atoms with Gasteiger partial charge in [0.25, 0.3) is 0 Å². The van der Waals surface area contributed by atoms with E-state index in [9.17, 15) is 4.79 Å². The lowest BCUT2D eigenvalue weighted by Gasteiger charge is -2.36. The SMILES string of the molecule is CC(C)(C)C1(C(=O)O)NCCS1. The van der Waals surface area contributed by atoms with Gasteiger partial charge in [-0.1, -0.05) is 20.8 Å². The van der Waals surface area contributed by atoms with Crippen LogP contribution in [0.5, 0.6) is 0 Å². The van der Waals surface area contributed by atoms with Gasteiger partial charge in [0.2, 0.25) is 0 Å². The lowest BCUT2D eigenvalue weighted by Crippen LogP contribution is -2.54. The maximum atomic E-state index is 11.1. The Bertz CT molecular complexity index is 192. The maximum absolute atomic E-state index is 11.1. The second-order valence-corrected chi connectivity index (χ2v) is 5.32. The van der Waals surface area contributed by atoms with Crippen LogP contribution >= 0.6 is 11.8 Å². The average Bonchev–Trinajstić information content (AvgIpc) is 2.31. The topological polar surface area (TPSA) is 49.3 Å². The Kier molecular flexibility index (Phi) is 2.40. The normalized spacial score (nSPS) is 30.6. The van der Waals surface area contributed by atoms with Gasteiger partial charge in [0.15, 0.2) is 4.87 Å². The molecule has 0 bridgehead atoms. The maximum Gasteiger partial charge on any atom is 0.334 e. The van der Waals surface area contributed by atoms with Crippen LogP contribution in [0.3, 0.4) is 0 Å². The Labute approximate surface area is 76.9 Å². The first-order valence-corrected chi connectivity index (χ1v) is 5.01. The summed E-state index contributed by atoms with van der Waals surface area (Å²) in [7, 11) is 0. The minimum atomic E-state index is -0.785. The number of hydrogen-bond donors (Lipinski definition) is 2. The van der Waals surface area contributed by atoms with E-state index >= 15 is 0 Å². The summed E-state index contributed by atoms with van der Waals surface area (Å²) < 4.78 is 0. The first kappa shape index (κ1) is 9.86. The fraction of sp³-hybridized carbons (Fsp3) is 0.875. The number of rotatable bonds is 1. The summed E-state index contributed by atoms with van der Waals surface area (Å²) in [5, 5.41) is 12.2. The number of thioether (sulfide) groups is 1. The monoisotopic (exact) mass is 189 g/mol. The molecule has 1 aliphatic heterocycles. The minimum absolute atomic E-state index is 0.250. The molecule has 2 N–H and O–H groups in total. The van der Waals surface area contributed by atoms with Gasteiger partial charge < -0.3 is 5.11 Å². The number of aliphatic carboxylic acids is 1. The number of carboxylic acids is 1. The van der Waals surface area contributed by atoms with Crippen molar-refractivity contribution in [2.24, 2.45) is 5.41 Å². The summed E-state index contributed by atoms with van der Waals surface area (Å²) in [5.41, 5.74) is -0.250. The fourth-order valence-corrected chi connectivity index (χ4v) is 2.69. The fourth-order valence-electron chi connectivity index (χ4n) is 1.42. The molecule has 0 aromatic heterocycles. The van der Waals surface area contributed by atoms with E-state index < -0.39 is 10.8 Å². The Hall–Kier alpha value is -0.220. The van der Waals surface area contributed by atoms with Gasteiger partial charge >= 0.3 is 5.97 Å². The van der Waals surface area contributed by atoms with Gasteiger partial charge in [0, 0.05) is 17.7 Å². The molecule has 0 amide bonds. The molecule has 12 heavy (non-hydrogen) atoms. The molecule has 1 saturated heterocycles. The summed E-state index contributed by atoms with van der Waals surface area (Å²) in [4.78, 5) is 10.3. The zero-order valence-corrected chi connectivity index (χ0v) is 8.49. The number of hydrogen-bond acceptors (Lipinski definition) is 3. The Morgan fingerprint density at radius 2 is 2.17 bits per heavy atom. The minimum Gasteiger partial charge on any atom is -0.479 e. The summed E-state index contributed by atoms with van der Waals surface area (Å²) in [6.07, 6.45) is 0. The highest BCUT2D eigenvalue weighted by Gasteiger charge is 2.51. The third-order valence-corrected chi connectivity index (χ3v) is 3.92. The van der Waals surface area contributed by atoms with E-state index in [1.807, 2.05) is 20.8 Å². The molecule has 0 spiro atoms. The van der Waals surface area contributed by atoms with Crippen molar-refractivity contribution in [3.05, 3.63) is 0 Å². The van der Waals surface area contributed by atoms with E-state index in [2.05, 4.69) is 5.32 Å².